The molecule has 0 unspecified atom stereocenters. The number of tetrazole rings is 1. The monoisotopic (exact) mass is 434 g/mol. The largest absolute Gasteiger partial charge is 0.416 e. The maximum absolute atomic E-state index is 13.0. The molecule has 158 valence electrons. The topological polar surface area (TPSA) is 81.1 Å². The highest BCUT2D eigenvalue weighted by Gasteiger charge is 2.30. The normalized spacial score (nSPS) is 11.5. The van der Waals surface area contributed by atoms with Gasteiger partial charge in [0.2, 0.25) is 0 Å². The fraction of sp³-hybridized carbons (Fsp3) is 0.0909. The molecule has 3 heterocycles. The van der Waals surface area contributed by atoms with Gasteiger partial charge in [-0.3, -0.25) is 0 Å². The number of fused-ring (bicyclic) bond motifs is 2. The van der Waals surface area contributed by atoms with E-state index in [9.17, 15) is 13.2 Å². The molecule has 0 amide bonds. The molecule has 5 aromatic rings. The molecule has 32 heavy (non-hydrogen) atoms. The second kappa shape index (κ2) is 7.39. The lowest BCUT2D eigenvalue weighted by Crippen LogP contribution is -2.05. The summed E-state index contributed by atoms with van der Waals surface area (Å²) in [7, 11) is 0. The summed E-state index contributed by atoms with van der Waals surface area (Å²) in [6, 6.07) is 12.1. The van der Waals surface area contributed by atoms with Crippen LogP contribution < -0.4 is 5.32 Å². The number of nitrogens with one attached hydrogen (secondary N) is 1. The number of hydrogen-bond acceptors (Lipinski definition) is 6. The number of anilines is 2. The summed E-state index contributed by atoms with van der Waals surface area (Å²) in [4.78, 5) is 0. The Labute approximate surface area is 178 Å². The van der Waals surface area contributed by atoms with E-state index < -0.39 is 11.7 Å². The fourth-order valence-electron chi connectivity index (χ4n) is 3.21. The van der Waals surface area contributed by atoms with Crippen LogP contribution in [-0.4, -0.2) is 25.2 Å². The SMILES string of the molecule is Cc1ccc2c(Nc3cccc(C(F)(F)F)c3)noc2c1C#Cc1ccc2nnnn2c1. The number of benzene rings is 2. The van der Waals surface area contributed by atoms with Gasteiger partial charge in [0.1, 0.15) is 0 Å². The summed E-state index contributed by atoms with van der Waals surface area (Å²) in [5, 5.41) is 18.8. The fourth-order valence-corrected chi connectivity index (χ4v) is 3.21. The Kier molecular flexibility index (Phi) is 4.52. The Morgan fingerprint density at radius 2 is 1.94 bits per heavy atom. The number of pyridine rings is 1. The molecule has 0 radical (unpaired) electrons. The van der Waals surface area contributed by atoms with Gasteiger partial charge in [0.15, 0.2) is 17.0 Å². The van der Waals surface area contributed by atoms with Gasteiger partial charge in [-0.2, -0.15) is 17.7 Å². The molecule has 0 bridgehead atoms. The number of aryl methyl sites for hydroxylation is 1. The third-order valence-electron chi connectivity index (χ3n) is 4.83. The summed E-state index contributed by atoms with van der Waals surface area (Å²) in [5.41, 5.74) is 2.74. The number of aromatic nitrogens is 5. The van der Waals surface area contributed by atoms with Crippen molar-refractivity contribution in [3.05, 3.63) is 77.0 Å². The molecule has 7 nitrogen and oxygen atoms in total. The first kappa shape index (κ1) is 19.6. The molecule has 2 aromatic carbocycles. The minimum absolute atomic E-state index is 0.248. The summed E-state index contributed by atoms with van der Waals surface area (Å²) < 4.78 is 46.0. The Hall–Kier alpha value is -4.39. The molecule has 3 aromatic heterocycles. The molecular weight excluding hydrogens is 421 g/mol. The van der Waals surface area contributed by atoms with Crippen molar-refractivity contribution < 1.29 is 17.7 Å². The van der Waals surface area contributed by atoms with E-state index in [0.717, 1.165) is 17.7 Å². The highest BCUT2D eigenvalue weighted by Crippen LogP contribution is 2.33. The molecule has 0 saturated carbocycles. The third kappa shape index (κ3) is 3.60. The minimum Gasteiger partial charge on any atom is -0.353 e. The van der Waals surface area contributed by atoms with E-state index in [1.54, 1.807) is 24.4 Å². The van der Waals surface area contributed by atoms with Crippen LogP contribution in [-0.2, 0) is 6.18 Å². The van der Waals surface area contributed by atoms with Crippen LogP contribution >= 0.6 is 0 Å². The van der Waals surface area contributed by atoms with Crippen LogP contribution in [0.1, 0.15) is 22.3 Å². The van der Waals surface area contributed by atoms with Crippen LogP contribution in [0.25, 0.3) is 16.6 Å². The zero-order chi connectivity index (χ0) is 22.3. The maximum Gasteiger partial charge on any atom is 0.416 e. The van der Waals surface area contributed by atoms with Gasteiger partial charge < -0.3 is 9.84 Å². The van der Waals surface area contributed by atoms with Crippen molar-refractivity contribution >= 4 is 28.1 Å². The van der Waals surface area contributed by atoms with Crippen molar-refractivity contribution in [2.24, 2.45) is 0 Å². The van der Waals surface area contributed by atoms with Crippen LogP contribution in [0, 0.1) is 18.8 Å². The molecule has 0 aliphatic rings. The molecule has 0 aliphatic carbocycles. The van der Waals surface area contributed by atoms with Gasteiger partial charge in [-0.15, -0.1) is 5.10 Å². The van der Waals surface area contributed by atoms with Gasteiger partial charge in [0, 0.05) is 17.4 Å². The summed E-state index contributed by atoms with van der Waals surface area (Å²) in [5.74, 6) is 6.46. The standard InChI is InChI=1S/C22H13F3N6O/c1-13-5-8-18-20(17(13)9-6-14-7-10-19-27-29-30-31(19)12-14)32-28-21(18)26-16-4-2-3-15(11-16)22(23,24)25/h2-5,7-8,10-12H,1H3,(H,26,28). The van der Waals surface area contributed by atoms with Crippen molar-refractivity contribution in [3.63, 3.8) is 0 Å². The van der Waals surface area contributed by atoms with Gasteiger partial charge in [-0.1, -0.05) is 29.1 Å². The van der Waals surface area contributed by atoms with E-state index in [-0.39, 0.29) is 5.69 Å². The summed E-state index contributed by atoms with van der Waals surface area (Å²) in [6.07, 6.45) is -2.73. The molecule has 0 atom stereocenters. The van der Waals surface area contributed by atoms with Crippen LogP contribution in [0.2, 0.25) is 0 Å². The molecule has 0 saturated heterocycles. The molecule has 10 heteroatoms. The van der Waals surface area contributed by atoms with E-state index in [0.29, 0.717) is 33.6 Å². The van der Waals surface area contributed by atoms with Gasteiger partial charge in [0.25, 0.3) is 0 Å². The second-order valence-electron chi connectivity index (χ2n) is 7.02. The Bertz CT molecular complexity index is 1520. The number of halogens is 3. The first-order chi connectivity index (χ1) is 15.4. The molecule has 1 N–H and O–H groups in total. The summed E-state index contributed by atoms with van der Waals surface area (Å²) in [6.45, 7) is 1.89. The average Bonchev–Trinajstić information content (AvgIpc) is 3.39. The Morgan fingerprint density at radius 3 is 2.78 bits per heavy atom. The van der Waals surface area contributed by atoms with E-state index in [4.69, 9.17) is 4.52 Å². The van der Waals surface area contributed by atoms with E-state index in [2.05, 4.69) is 37.8 Å². The average molecular weight is 434 g/mol. The molecule has 0 fully saturated rings. The first-order valence-corrected chi connectivity index (χ1v) is 9.41. The highest BCUT2D eigenvalue weighted by molar-refractivity contribution is 5.94. The van der Waals surface area contributed by atoms with Crippen LogP contribution in [0.15, 0.2) is 59.3 Å². The van der Waals surface area contributed by atoms with Crippen molar-refractivity contribution in [1.29, 1.82) is 0 Å². The van der Waals surface area contributed by atoms with Crippen LogP contribution in [0.5, 0.6) is 0 Å². The van der Waals surface area contributed by atoms with Gasteiger partial charge in [-0.25, -0.2) is 0 Å². The zero-order valence-corrected chi connectivity index (χ0v) is 16.5. The Morgan fingerprint density at radius 1 is 1.06 bits per heavy atom. The molecule has 5 rings (SSSR count). The van der Waals surface area contributed by atoms with Crippen molar-refractivity contribution in [3.8, 4) is 11.8 Å². The molecule has 0 aliphatic heterocycles. The van der Waals surface area contributed by atoms with Gasteiger partial charge in [0.05, 0.1) is 16.5 Å². The molecule has 0 spiro atoms. The lowest BCUT2D eigenvalue weighted by atomic mass is 10.1. The van der Waals surface area contributed by atoms with Crippen molar-refractivity contribution in [2.45, 2.75) is 13.1 Å². The second-order valence-corrected chi connectivity index (χ2v) is 7.02. The minimum atomic E-state index is -4.44. The third-order valence-corrected chi connectivity index (χ3v) is 4.83. The Balaban J connectivity index is 1.51. The van der Waals surface area contributed by atoms with Gasteiger partial charge in [-0.05, 0) is 59.3 Å². The number of rotatable bonds is 2. The van der Waals surface area contributed by atoms with E-state index in [1.807, 2.05) is 13.0 Å². The maximum atomic E-state index is 13.0. The molecular formula is C22H13F3N6O. The number of alkyl halides is 3. The lowest BCUT2D eigenvalue weighted by Gasteiger charge is -2.09. The van der Waals surface area contributed by atoms with Crippen molar-refractivity contribution in [1.82, 2.24) is 25.2 Å². The quantitative estimate of drug-likeness (QED) is 0.405. The van der Waals surface area contributed by atoms with Gasteiger partial charge >= 0.3 is 6.18 Å². The zero-order valence-electron chi connectivity index (χ0n) is 16.5. The first-order valence-electron chi connectivity index (χ1n) is 9.41. The highest BCUT2D eigenvalue weighted by atomic mass is 19.4. The lowest BCUT2D eigenvalue weighted by molar-refractivity contribution is -0.137. The summed E-state index contributed by atoms with van der Waals surface area (Å²) >= 11 is 0. The number of hydrogen-bond donors (Lipinski definition) is 1. The number of nitrogens with zero attached hydrogens (tertiary/aromatic N) is 5. The smallest absolute Gasteiger partial charge is 0.353 e. The van der Waals surface area contributed by atoms with E-state index >= 15 is 0 Å². The van der Waals surface area contributed by atoms with Crippen LogP contribution in [0.4, 0.5) is 24.7 Å². The predicted molar refractivity (Wildman–Crippen MR) is 110 cm³/mol. The van der Waals surface area contributed by atoms with Crippen molar-refractivity contribution in [2.75, 3.05) is 5.32 Å². The van der Waals surface area contributed by atoms with Crippen LogP contribution in [0.3, 0.4) is 0 Å². The predicted octanol–water partition coefficient (Wildman–Crippen LogP) is 4.74. The van der Waals surface area contributed by atoms with E-state index in [1.165, 1.54) is 16.6 Å².